The number of rotatable bonds is 5. The molecular formula is C23H27BrN4O4. The summed E-state index contributed by atoms with van der Waals surface area (Å²) in [5.74, 6) is -0.107. The van der Waals surface area contributed by atoms with Gasteiger partial charge in [0.05, 0.1) is 17.8 Å². The van der Waals surface area contributed by atoms with Crippen molar-refractivity contribution in [2.45, 2.75) is 57.7 Å². The highest BCUT2D eigenvalue weighted by molar-refractivity contribution is 9.10. The van der Waals surface area contributed by atoms with E-state index in [0.717, 1.165) is 10.0 Å². The Balaban J connectivity index is 1.66. The van der Waals surface area contributed by atoms with Gasteiger partial charge in [-0.05, 0) is 37.5 Å². The molecule has 3 heterocycles. The minimum atomic E-state index is -1.10. The summed E-state index contributed by atoms with van der Waals surface area (Å²) in [5, 5.41) is 17.2. The second-order valence-electron chi connectivity index (χ2n) is 9.02. The second-order valence-corrected chi connectivity index (χ2v) is 9.93. The summed E-state index contributed by atoms with van der Waals surface area (Å²) >= 11 is 3.41. The van der Waals surface area contributed by atoms with Crippen LogP contribution in [0.4, 0.5) is 0 Å². The Bertz CT molecular complexity index is 1060. The van der Waals surface area contributed by atoms with Crippen LogP contribution in [0.1, 0.15) is 50.1 Å². The van der Waals surface area contributed by atoms with Gasteiger partial charge in [-0.3, -0.25) is 9.59 Å². The predicted octanol–water partition coefficient (Wildman–Crippen LogP) is 2.89. The summed E-state index contributed by atoms with van der Waals surface area (Å²) in [6.07, 6.45) is -0.394. The molecule has 0 radical (unpaired) electrons. The van der Waals surface area contributed by atoms with Crippen molar-refractivity contribution in [1.29, 1.82) is 0 Å². The van der Waals surface area contributed by atoms with Crippen LogP contribution in [-0.4, -0.2) is 51.5 Å². The van der Waals surface area contributed by atoms with E-state index < -0.39 is 23.6 Å². The van der Waals surface area contributed by atoms with Gasteiger partial charge in [-0.25, -0.2) is 4.99 Å². The molecule has 9 heteroatoms. The highest BCUT2D eigenvalue weighted by Crippen LogP contribution is 2.35. The summed E-state index contributed by atoms with van der Waals surface area (Å²) in [6, 6.07) is 8.67. The van der Waals surface area contributed by atoms with E-state index in [1.54, 1.807) is 17.9 Å². The quantitative estimate of drug-likeness (QED) is 0.653. The maximum atomic E-state index is 13.6. The molecule has 0 aliphatic carbocycles. The number of β-amino-alcohol motifs (C(OH)–C–C–N with tert-alkyl or cyclic N) is 1. The van der Waals surface area contributed by atoms with Crippen LogP contribution in [0.2, 0.25) is 0 Å². The molecule has 2 aliphatic heterocycles. The van der Waals surface area contributed by atoms with Gasteiger partial charge in [0, 0.05) is 23.5 Å². The van der Waals surface area contributed by atoms with Crippen molar-refractivity contribution in [3.63, 3.8) is 0 Å². The lowest BCUT2D eigenvalue weighted by molar-refractivity contribution is -0.134. The number of hydrogen-bond donors (Lipinski definition) is 2. The molecule has 1 fully saturated rings. The molecule has 32 heavy (non-hydrogen) atoms. The molecule has 0 bridgehead atoms. The van der Waals surface area contributed by atoms with Crippen LogP contribution in [0.25, 0.3) is 0 Å². The maximum Gasteiger partial charge on any atom is 0.257 e. The first-order valence-corrected chi connectivity index (χ1v) is 11.5. The van der Waals surface area contributed by atoms with Gasteiger partial charge in [-0.15, -0.1) is 0 Å². The summed E-state index contributed by atoms with van der Waals surface area (Å²) in [4.78, 5) is 32.9. The van der Waals surface area contributed by atoms with Crippen LogP contribution in [0.15, 0.2) is 44.3 Å². The minimum Gasteiger partial charge on any atom is -0.391 e. The van der Waals surface area contributed by atoms with Gasteiger partial charge in [0.2, 0.25) is 5.91 Å². The molecule has 2 aromatic rings. The number of aliphatic hydroxyl groups excluding tert-OH is 1. The molecule has 8 nitrogen and oxygen atoms in total. The van der Waals surface area contributed by atoms with Crippen molar-refractivity contribution >= 4 is 33.6 Å². The van der Waals surface area contributed by atoms with E-state index in [1.165, 1.54) is 0 Å². The normalized spacial score (nSPS) is 26.4. The van der Waals surface area contributed by atoms with Crippen molar-refractivity contribution < 1.29 is 19.2 Å². The summed E-state index contributed by atoms with van der Waals surface area (Å²) in [7, 11) is 0. The number of carbonyl (C=O) groups excluding carboxylic acids is 2. The molecule has 170 valence electrons. The third-order valence-electron chi connectivity index (χ3n) is 6.20. The Morgan fingerprint density at radius 3 is 2.62 bits per heavy atom. The Hall–Kier alpha value is -2.52. The van der Waals surface area contributed by atoms with Crippen molar-refractivity contribution in [3.8, 4) is 0 Å². The molecule has 4 atom stereocenters. The van der Waals surface area contributed by atoms with Crippen LogP contribution in [0, 0.1) is 12.8 Å². The Morgan fingerprint density at radius 2 is 2.03 bits per heavy atom. The number of halogens is 1. The Labute approximate surface area is 195 Å². The number of aliphatic hydroxyl groups is 1. The molecule has 1 saturated heterocycles. The molecular weight excluding hydrogens is 476 g/mol. The van der Waals surface area contributed by atoms with Gasteiger partial charge in [0.25, 0.3) is 5.91 Å². The molecule has 1 aromatic carbocycles. The van der Waals surface area contributed by atoms with Crippen molar-refractivity contribution in [3.05, 3.63) is 51.8 Å². The van der Waals surface area contributed by atoms with Gasteiger partial charge in [0.15, 0.2) is 5.54 Å². The number of aryl methyl sites for hydroxylation is 1. The molecule has 0 spiro atoms. The van der Waals surface area contributed by atoms with Crippen molar-refractivity contribution in [2.75, 3.05) is 6.54 Å². The average Bonchev–Trinajstić information content (AvgIpc) is 3.40. The third kappa shape index (κ3) is 3.99. The molecule has 2 aliphatic rings. The number of carbonyl (C=O) groups is 2. The third-order valence-corrected chi connectivity index (χ3v) is 6.73. The number of hydrogen-bond acceptors (Lipinski definition) is 6. The zero-order chi connectivity index (χ0) is 23.2. The molecule has 4 rings (SSSR count). The van der Waals surface area contributed by atoms with E-state index >= 15 is 0 Å². The largest absolute Gasteiger partial charge is 0.391 e. The number of aliphatic imine (C=N–C) groups is 1. The molecule has 1 aromatic heterocycles. The number of nitrogens with one attached hydrogen (secondary N) is 1. The van der Waals surface area contributed by atoms with Gasteiger partial charge in [-0.2, -0.15) is 0 Å². The summed E-state index contributed by atoms with van der Waals surface area (Å²) in [6.45, 7) is 7.62. The smallest absolute Gasteiger partial charge is 0.257 e. The maximum absolute atomic E-state index is 13.6. The topological polar surface area (TPSA) is 108 Å². The lowest BCUT2D eigenvalue weighted by Gasteiger charge is -2.29. The van der Waals surface area contributed by atoms with Crippen LogP contribution in [0.5, 0.6) is 0 Å². The molecule has 2 N–H and O–H groups in total. The zero-order valence-corrected chi connectivity index (χ0v) is 20.1. The van der Waals surface area contributed by atoms with Crippen LogP contribution >= 0.6 is 15.9 Å². The Morgan fingerprint density at radius 1 is 1.34 bits per heavy atom. The van der Waals surface area contributed by atoms with Crippen molar-refractivity contribution in [2.24, 2.45) is 10.9 Å². The first-order chi connectivity index (χ1) is 15.1. The first-order valence-electron chi connectivity index (χ1n) is 10.7. The van der Waals surface area contributed by atoms with Gasteiger partial charge in [0.1, 0.15) is 17.5 Å². The second kappa shape index (κ2) is 8.44. The lowest BCUT2D eigenvalue weighted by atomic mass is 9.91. The van der Waals surface area contributed by atoms with E-state index in [0.29, 0.717) is 23.7 Å². The fraction of sp³-hybridized carbons (Fsp3) is 0.478. The molecule has 0 unspecified atom stereocenters. The SMILES string of the molecule is Cc1cc([C@H](C(=O)N2C[C@H](O)C[C@@H]2C2=N[C@](C)(c3ccc(Br)cc3)C(=O)N2)C(C)C)on1. The van der Waals surface area contributed by atoms with Gasteiger partial charge in [-0.1, -0.05) is 47.1 Å². The highest BCUT2D eigenvalue weighted by atomic mass is 79.9. The standard InChI is InChI=1S/C23H27BrN4O4/c1-12(2)19(18-9-13(3)27-32-18)21(30)28-11-16(29)10-17(28)20-25-22(31)23(4,26-20)14-5-7-15(24)8-6-14/h5-9,12,16-17,19,29H,10-11H2,1-4H3,(H,25,26,31)/t16-,17-,19-,23-/m1/s1. The summed E-state index contributed by atoms with van der Waals surface area (Å²) in [5.41, 5.74) is 0.355. The number of amides is 2. The van der Waals surface area contributed by atoms with Gasteiger partial charge < -0.3 is 19.8 Å². The number of nitrogens with zero attached hydrogens (tertiary/aromatic N) is 3. The van der Waals surface area contributed by atoms with E-state index in [4.69, 9.17) is 9.52 Å². The molecule has 0 saturated carbocycles. The first kappa shape index (κ1) is 22.7. The van der Waals surface area contributed by atoms with Gasteiger partial charge >= 0.3 is 0 Å². The predicted molar refractivity (Wildman–Crippen MR) is 122 cm³/mol. The molecule has 2 amide bonds. The number of benzene rings is 1. The summed E-state index contributed by atoms with van der Waals surface area (Å²) < 4.78 is 6.32. The van der Waals surface area contributed by atoms with E-state index in [1.807, 2.05) is 45.0 Å². The fourth-order valence-electron chi connectivity index (χ4n) is 4.45. The van der Waals surface area contributed by atoms with Crippen molar-refractivity contribution in [1.82, 2.24) is 15.4 Å². The van der Waals surface area contributed by atoms with Crippen LogP contribution < -0.4 is 5.32 Å². The number of amidine groups is 1. The van der Waals surface area contributed by atoms with E-state index in [9.17, 15) is 14.7 Å². The highest BCUT2D eigenvalue weighted by Gasteiger charge is 2.48. The number of likely N-dealkylation sites (tertiary alicyclic amines) is 1. The number of aromatic nitrogens is 1. The average molecular weight is 503 g/mol. The zero-order valence-electron chi connectivity index (χ0n) is 18.5. The lowest BCUT2D eigenvalue weighted by Crippen LogP contribution is -2.48. The van der Waals surface area contributed by atoms with Crippen LogP contribution in [0.3, 0.4) is 0 Å². The van der Waals surface area contributed by atoms with Crippen LogP contribution in [-0.2, 0) is 15.1 Å². The monoisotopic (exact) mass is 502 g/mol. The van der Waals surface area contributed by atoms with E-state index in [-0.39, 0.29) is 24.3 Å². The fourth-order valence-corrected chi connectivity index (χ4v) is 4.71. The van der Waals surface area contributed by atoms with E-state index in [2.05, 4.69) is 26.4 Å². The minimum absolute atomic E-state index is 0.0404. The Kier molecular flexibility index (Phi) is 5.98.